The summed E-state index contributed by atoms with van der Waals surface area (Å²) < 4.78 is 12.0. The van der Waals surface area contributed by atoms with Crippen LogP contribution >= 0.6 is 0 Å². The minimum Gasteiger partial charge on any atom is -0.493 e. The van der Waals surface area contributed by atoms with E-state index in [2.05, 4.69) is 4.99 Å². The summed E-state index contributed by atoms with van der Waals surface area (Å²) in [5.41, 5.74) is 13.3. The number of hydrogen-bond donors (Lipinski definition) is 2. The maximum atomic E-state index is 13.3. The van der Waals surface area contributed by atoms with Crippen LogP contribution in [0.25, 0.3) is 16.5 Å². The van der Waals surface area contributed by atoms with E-state index >= 15 is 0 Å². The Morgan fingerprint density at radius 2 is 1.59 bits per heavy atom. The highest BCUT2D eigenvalue weighted by molar-refractivity contribution is 6.10. The summed E-state index contributed by atoms with van der Waals surface area (Å²) in [7, 11) is 2.94. The molecule has 2 aromatic carbocycles. The fraction of sp³-hybridized carbons (Fsp3) is 0.190. The maximum absolute atomic E-state index is 13.3. The van der Waals surface area contributed by atoms with Crippen LogP contribution in [-0.2, 0) is 0 Å². The molecular formula is C21H22N4O4. The van der Waals surface area contributed by atoms with Crippen molar-refractivity contribution in [3.63, 3.8) is 0 Å². The molecule has 8 heteroatoms. The van der Waals surface area contributed by atoms with Gasteiger partial charge in [-0.1, -0.05) is 6.07 Å². The van der Waals surface area contributed by atoms with Crippen molar-refractivity contribution in [2.45, 2.75) is 13.8 Å². The van der Waals surface area contributed by atoms with Crippen LogP contribution in [0, 0.1) is 13.8 Å². The van der Waals surface area contributed by atoms with E-state index in [-0.39, 0.29) is 22.5 Å². The second kappa shape index (κ2) is 7.67. The fourth-order valence-electron chi connectivity index (χ4n) is 3.08. The molecule has 0 atom stereocenters. The van der Waals surface area contributed by atoms with Gasteiger partial charge in [-0.25, -0.2) is 0 Å². The standard InChI is InChI=1S/C21H22N4O4/c1-11-5-6-13(7-12(11)2)25-10-16(19(26)24-21(22)23)14-8-17(28-3)18(29-4)9-15(14)20(25)27/h5-10H,1-4H3,(H4,22,23,24,26). The Morgan fingerprint density at radius 1 is 0.966 bits per heavy atom. The Balaban J connectivity index is 2.43. The number of aliphatic imine (C=N–C) groups is 1. The number of pyridine rings is 1. The van der Waals surface area contributed by atoms with Crippen molar-refractivity contribution in [2.24, 2.45) is 16.5 Å². The van der Waals surface area contributed by atoms with Gasteiger partial charge in [-0.15, -0.1) is 0 Å². The first kappa shape index (κ1) is 19.9. The Labute approximate surface area is 167 Å². The molecule has 8 nitrogen and oxygen atoms in total. The first-order valence-corrected chi connectivity index (χ1v) is 8.79. The molecule has 0 bridgehead atoms. The van der Waals surface area contributed by atoms with Gasteiger partial charge in [0.05, 0.1) is 25.2 Å². The number of nitrogens with zero attached hydrogens (tertiary/aromatic N) is 2. The summed E-state index contributed by atoms with van der Waals surface area (Å²) in [6.07, 6.45) is 1.44. The summed E-state index contributed by atoms with van der Waals surface area (Å²) in [4.78, 5) is 29.6. The van der Waals surface area contributed by atoms with Gasteiger partial charge in [0.2, 0.25) is 0 Å². The van der Waals surface area contributed by atoms with Crippen molar-refractivity contribution in [3.05, 3.63) is 63.6 Å². The van der Waals surface area contributed by atoms with Gasteiger partial charge < -0.3 is 20.9 Å². The number of amides is 1. The van der Waals surface area contributed by atoms with E-state index in [1.807, 2.05) is 32.0 Å². The highest BCUT2D eigenvalue weighted by atomic mass is 16.5. The van der Waals surface area contributed by atoms with Crippen molar-refractivity contribution in [2.75, 3.05) is 14.2 Å². The number of aromatic nitrogens is 1. The topological polar surface area (TPSA) is 122 Å². The average molecular weight is 394 g/mol. The van der Waals surface area contributed by atoms with Gasteiger partial charge in [0.15, 0.2) is 17.5 Å². The van der Waals surface area contributed by atoms with Crippen LogP contribution in [0.5, 0.6) is 11.5 Å². The molecule has 1 aromatic heterocycles. The summed E-state index contributed by atoms with van der Waals surface area (Å²) in [5.74, 6) is -0.287. The van der Waals surface area contributed by atoms with Crippen LogP contribution in [-0.4, -0.2) is 30.7 Å². The molecular weight excluding hydrogens is 372 g/mol. The molecule has 0 aliphatic heterocycles. The molecule has 29 heavy (non-hydrogen) atoms. The highest BCUT2D eigenvalue weighted by Gasteiger charge is 2.19. The molecule has 0 radical (unpaired) electrons. The lowest BCUT2D eigenvalue weighted by atomic mass is 10.0. The number of benzene rings is 2. The van der Waals surface area contributed by atoms with E-state index < -0.39 is 5.91 Å². The van der Waals surface area contributed by atoms with Crippen LogP contribution in [0.15, 0.2) is 46.3 Å². The van der Waals surface area contributed by atoms with Gasteiger partial charge in [0, 0.05) is 17.3 Å². The molecule has 150 valence electrons. The van der Waals surface area contributed by atoms with Crippen LogP contribution in [0.4, 0.5) is 0 Å². The van der Waals surface area contributed by atoms with E-state index in [9.17, 15) is 9.59 Å². The van der Waals surface area contributed by atoms with Gasteiger partial charge in [0.1, 0.15) is 0 Å². The van der Waals surface area contributed by atoms with E-state index in [1.165, 1.54) is 25.0 Å². The number of rotatable bonds is 4. The molecule has 1 heterocycles. The lowest BCUT2D eigenvalue weighted by Gasteiger charge is -2.14. The number of aryl methyl sites for hydroxylation is 2. The summed E-state index contributed by atoms with van der Waals surface area (Å²) in [6, 6.07) is 8.70. The average Bonchev–Trinajstić information content (AvgIpc) is 2.69. The van der Waals surface area contributed by atoms with Gasteiger partial charge in [-0.05, 0) is 49.2 Å². The second-order valence-corrected chi connectivity index (χ2v) is 6.58. The molecule has 0 unspecified atom stereocenters. The van der Waals surface area contributed by atoms with Crippen molar-refractivity contribution < 1.29 is 14.3 Å². The molecule has 0 aliphatic carbocycles. The molecule has 3 aromatic rings. The molecule has 1 amide bonds. The monoisotopic (exact) mass is 394 g/mol. The molecule has 4 N–H and O–H groups in total. The van der Waals surface area contributed by atoms with Gasteiger partial charge >= 0.3 is 0 Å². The summed E-state index contributed by atoms with van der Waals surface area (Å²) >= 11 is 0. The normalized spacial score (nSPS) is 10.6. The third-order valence-electron chi connectivity index (χ3n) is 4.75. The zero-order chi connectivity index (χ0) is 21.3. The Bertz CT molecular complexity index is 1210. The fourth-order valence-corrected chi connectivity index (χ4v) is 3.08. The molecule has 3 rings (SSSR count). The molecule has 0 aliphatic rings. The van der Waals surface area contributed by atoms with E-state index in [4.69, 9.17) is 20.9 Å². The third-order valence-corrected chi connectivity index (χ3v) is 4.75. The second-order valence-electron chi connectivity index (χ2n) is 6.58. The number of guanidine groups is 1. The van der Waals surface area contributed by atoms with E-state index in [0.29, 0.717) is 22.6 Å². The van der Waals surface area contributed by atoms with Gasteiger partial charge in [-0.2, -0.15) is 4.99 Å². The van der Waals surface area contributed by atoms with Crippen LogP contribution in [0.3, 0.4) is 0 Å². The summed E-state index contributed by atoms with van der Waals surface area (Å²) in [6.45, 7) is 3.93. The van der Waals surface area contributed by atoms with Crippen LogP contribution in [0.2, 0.25) is 0 Å². The number of carbonyl (C=O) groups excluding carboxylic acids is 1. The lowest BCUT2D eigenvalue weighted by Crippen LogP contribution is -2.25. The first-order chi connectivity index (χ1) is 13.8. The number of carbonyl (C=O) groups is 1. The Kier molecular flexibility index (Phi) is 5.27. The minimum absolute atomic E-state index is 0.159. The number of fused-ring (bicyclic) bond motifs is 1. The minimum atomic E-state index is -0.667. The van der Waals surface area contributed by atoms with Crippen molar-refractivity contribution in [1.29, 1.82) is 0 Å². The summed E-state index contributed by atoms with van der Waals surface area (Å²) in [5, 5.41) is 0.639. The SMILES string of the molecule is COc1cc2c(C(=O)N=C(N)N)cn(-c3ccc(C)c(C)c3)c(=O)c2cc1OC. The molecule has 0 saturated heterocycles. The maximum Gasteiger partial charge on any atom is 0.282 e. The Hall–Kier alpha value is -3.81. The van der Waals surface area contributed by atoms with Crippen molar-refractivity contribution in [1.82, 2.24) is 4.57 Å². The van der Waals surface area contributed by atoms with Crippen LogP contribution < -0.4 is 26.5 Å². The number of methoxy groups -OCH3 is 2. The molecule has 0 fully saturated rings. The van der Waals surface area contributed by atoms with Crippen molar-refractivity contribution in [3.8, 4) is 17.2 Å². The van der Waals surface area contributed by atoms with Crippen LogP contribution in [0.1, 0.15) is 21.5 Å². The van der Waals surface area contributed by atoms with Gasteiger partial charge in [0.25, 0.3) is 11.5 Å². The number of ether oxygens (including phenoxy) is 2. The lowest BCUT2D eigenvalue weighted by molar-refractivity contribution is 0.100. The van der Waals surface area contributed by atoms with Crippen molar-refractivity contribution >= 4 is 22.6 Å². The Morgan fingerprint density at radius 3 is 2.14 bits per heavy atom. The van der Waals surface area contributed by atoms with E-state index in [1.54, 1.807) is 12.1 Å². The first-order valence-electron chi connectivity index (χ1n) is 8.79. The van der Waals surface area contributed by atoms with E-state index in [0.717, 1.165) is 11.1 Å². The highest BCUT2D eigenvalue weighted by Crippen LogP contribution is 2.33. The smallest absolute Gasteiger partial charge is 0.282 e. The number of hydrogen-bond acceptors (Lipinski definition) is 4. The molecule has 0 spiro atoms. The number of nitrogens with two attached hydrogens (primary N) is 2. The van der Waals surface area contributed by atoms with Gasteiger partial charge in [-0.3, -0.25) is 14.2 Å². The predicted molar refractivity (Wildman–Crippen MR) is 112 cm³/mol. The molecule has 0 saturated carbocycles. The quantitative estimate of drug-likeness (QED) is 0.516. The zero-order valence-electron chi connectivity index (χ0n) is 16.6. The third kappa shape index (κ3) is 3.64. The zero-order valence-corrected chi connectivity index (χ0v) is 16.6. The largest absolute Gasteiger partial charge is 0.493 e. The predicted octanol–water partition coefficient (Wildman–Crippen LogP) is 2.04.